The Morgan fingerprint density at radius 3 is 2.96 bits per heavy atom. The van der Waals surface area contributed by atoms with Crippen molar-refractivity contribution in [1.82, 2.24) is 10.2 Å². The summed E-state index contributed by atoms with van der Waals surface area (Å²) in [4.78, 5) is 16.1. The number of carbonyl (C=O) groups excluding carboxylic acids is 1. The molecule has 2 aromatic carbocycles. The van der Waals surface area contributed by atoms with Crippen LogP contribution >= 0.6 is 23.5 Å². The van der Waals surface area contributed by atoms with Gasteiger partial charge in [0.05, 0.1) is 17.6 Å². The Balaban J connectivity index is 1.55. The van der Waals surface area contributed by atoms with Crippen LogP contribution in [-0.2, 0) is 4.79 Å². The summed E-state index contributed by atoms with van der Waals surface area (Å²) in [6.07, 6.45) is 2.74. The number of thioether (sulfide) groups is 2. The maximum atomic E-state index is 13.0. The van der Waals surface area contributed by atoms with E-state index in [1.165, 1.54) is 16.7 Å². The summed E-state index contributed by atoms with van der Waals surface area (Å²) in [5.74, 6) is 0.475. The van der Waals surface area contributed by atoms with Crippen LogP contribution in [0.4, 0.5) is 5.69 Å². The standard InChI is InChI=1S/C20H19N3OS2/c1-14-10-11-23(17-8-4-5-9-18(17)26-14)19(24)13-25-20-16-7-3-2-6-15(16)12-21-22-20/h2-9,12,14H,10-11,13H2,1H3/t14-/m1/s1. The second-order valence-electron chi connectivity index (χ2n) is 6.26. The van der Waals surface area contributed by atoms with Gasteiger partial charge in [0.1, 0.15) is 5.03 Å². The van der Waals surface area contributed by atoms with Crippen molar-refractivity contribution in [3.63, 3.8) is 0 Å². The highest BCUT2D eigenvalue weighted by Crippen LogP contribution is 2.37. The molecule has 0 saturated carbocycles. The fourth-order valence-electron chi connectivity index (χ4n) is 3.06. The molecule has 0 N–H and O–H groups in total. The van der Waals surface area contributed by atoms with Crippen LogP contribution in [0, 0.1) is 0 Å². The number of anilines is 1. The predicted molar refractivity (Wildman–Crippen MR) is 109 cm³/mol. The monoisotopic (exact) mass is 381 g/mol. The molecule has 0 spiro atoms. The molecule has 6 heteroatoms. The molecule has 0 fully saturated rings. The van der Waals surface area contributed by atoms with E-state index in [0.29, 0.717) is 11.0 Å². The summed E-state index contributed by atoms with van der Waals surface area (Å²) in [5.41, 5.74) is 1.02. The number of rotatable bonds is 3. The van der Waals surface area contributed by atoms with Gasteiger partial charge in [-0.15, -0.1) is 16.9 Å². The molecule has 1 aliphatic rings. The normalized spacial score (nSPS) is 17.0. The van der Waals surface area contributed by atoms with Crippen molar-refractivity contribution in [3.8, 4) is 0 Å². The Morgan fingerprint density at radius 1 is 1.23 bits per heavy atom. The molecule has 1 atom stereocenters. The average Bonchev–Trinajstić information content (AvgIpc) is 2.84. The first kappa shape index (κ1) is 17.4. The molecule has 3 aromatic rings. The van der Waals surface area contributed by atoms with Crippen molar-refractivity contribution in [2.24, 2.45) is 0 Å². The number of benzene rings is 2. The van der Waals surface area contributed by atoms with Gasteiger partial charge in [-0.05, 0) is 18.6 Å². The van der Waals surface area contributed by atoms with E-state index >= 15 is 0 Å². The lowest BCUT2D eigenvalue weighted by Gasteiger charge is -2.22. The molecule has 4 rings (SSSR count). The zero-order chi connectivity index (χ0) is 17.9. The number of para-hydroxylation sites is 1. The van der Waals surface area contributed by atoms with Crippen LogP contribution in [0.3, 0.4) is 0 Å². The van der Waals surface area contributed by atoms with Gasteiger partial charge in [0.15, 0.2) is 0 Å². The van der Waals surface area contributed by atoms with Crippen molar-refractivity contribution < 1.29 is 4.79 Å². The molecule has 0 unspecified atom stereocenters. The molecule has 2 heterocycles. The fraction of sp³-hybridized carbons (Fsp3) is 0.250. The lowest BCUT2D eigenvalue weighted by atomic mass is 10.2. The summed E-state index contributed by atoms with van der Waals surface area (Å²) >= 11 is 3.31. The highest BCUT2D eigenvalue weighted by Gasteiger charge is 2.24. The Bertz CT molecular complexity index is 942. The third-order valence-corrected chi connectivity index (χ3v) is 6.62. The predicted octanol–water partition coefficient (Wildman–Crippen LogP) is 4.64. The molecule has 1 aliphatic heterocycles. The van der Waals surface area contributed by atoms with Crippen LogP contribution in [0.1, 0.15) is 13.3 Å². The van der Waals surface area contributed by atoms with Gasteiger partial charge >= 0.3 is 0 Å². The summed E-state index contributed by atoms with van der Waals surface area (Å²) in [5, 5.41) is 11.7. The van der Waals surface area contributed by atoms with E-state index in [0.717, 1.165) is 34.5 Å². The van der Waals surface area contributed by atoms with Gasteiger partial charge in [0.25, 0.3) is 0 Å². The molecule has 26 heavy (non-hydrogen) atoms. The van der Waals surface area contributed by atoms with Gasteiger partial charge < -0.3 is 4.90 Å². The lowest BCUT2D eigenvalue weighted by molar-refractivity contribution is -0.116. The van der Waals surface area contributed by atoms with Gasteiger partial charge in [-0.2, -0.15) is 5.10 Å². The highest BCUT2D eigenvalue weighted by atomic mass is 32.2. The number of amides is 1. The number of hydrogen-bond donors (Lipinski definition) is 0. The van der Waals surface area contributed by atoms with E-state index in [4.69, 9.17) is 0 Å². The molecule has 1 aromatic heterocycles. The van der Waals surface area contributed by atoms with E-state index in [-0.39, 0.29) is 5.91 Å². The smallest absolute Gasteiger partial charge is 0.237 e. The number of hydrogen-bond acceptors (Lipinski definition) is 5. The second kappa shape index (κ2) is 7.68. The van der Waals surface area contributed by atoms with Crippen LogP contribution in [0.15, 0.2) is 64.6 Å². The molecule has 1 amide bonds. The highest BCUT2D eigenvalue weighted by molar-refractivity contribution is 8.00. The lowest BCUT2D eigenvalue weighted by Crippen LogP contribution is -2.33. The van der Waals surface area contributed by atoms with E-state index in [2.05, 4.69) is 23.2 Å². The zero-order valence-electron chi connectivity index (χ0n) is 14.5. The van der Waals surface area contributed by atoms with Crippen LogP contribution in [0.2, 0.25) is 0 Å². The van der Waals surface area contributed by atoms with Crippen LogP contribution in [0.25, 0.3) is 10.8 Å². The number of aromatic nitrogens is 2. The van der Waals surface area contributed by atoms with Crippen molar-refractivity contribution in [2.75, 3.05) is 17.2 Å². The Kier molecular flexibility index (Phi) is 5.13. The van der Waals surface area contributed by atoms with Crippen molar-refractivity contribution in [1.29, 1.82) is 0 Å². The number of nitrogens with zero attached hydrogens (tertiary/aromatic N) is 3. The Morgan fingerprint density at radius 2 is 2.04 bits per heavy atom. The summed E-state index contributed by atoms with van der Waals surface area (Å²) in [7, 11) is 0. The minimum Gasteiger partial charge on any atom is -0.311 e. The summed E-state index contributed by atoms with van der Waals surface area (Å²) in [6, 6.07) is 16.2. The maximum Gasteiger partial charge on any atom is 0.237 e. The molecule has 0 radical (unpaired) electrons. The minimum atomic E-state index is 0.117. The Hall–Kier alpha value is -2.05. The average molecular weight is 382 g/mol. The number of fused-ring (bicyclic) bond motifs is 2. The minimum absolute atomic E-state index is 0.117. The van der Waals surface area contributed by atoms with Gasteiger partial charge in [0.2, 0.25) is 5.91 Å². The topological polar surface area (TPSA) is 46.1 Å². The van der Waals surface area contributed by atoms with Crippen LogP contribution < -0.4 is 4.90 Å². The van der Waals surface area contributed by atoms with Crippen molar-refractivity contribution in [3.05, 3.63) is 54.7 Å². The van der Waals surface area contributed by atoms with Gasteiger partial charge in [-0.25, -0.2) is 0 Å². The van der Waals surface area contributed by atoms with Crippen LogP contribution in [-0.4, -0.2) is 33.7 Å². The first-order chi connectivity index (χ1) is 12.7. The third-order valence-electron chi connectivity index (χ3n) is 4.41. The summed E-state index contributed by atoms with van der Waals surface area (Å²) < 4.78 is 0. The van der Waals surface area contributed by atoms with Crippen molar-refractivity contribution >= 4 is 45.9 Å². The van der Waals surface area contributed by atoms with E-state index in [1.54, 1.807) is 6.20 Å². The first-order valence-electron chi connectivity index (χ1n) is 8.61. The molecular weight excluding hydrogens is 362 g/mol. The fourth-order valence-corrected chi connectivity index (χ4v) is 5.04. The molecule has 0 saturated heterocycles. The SMILES string of the molecule is C[C@@H]1CCN(C(=O)CSc2nncc3ccccc23)c2ccccc2S1. The zero-order valence-corrected chi connectivity index (χ0v) is 16.1. The first-order valence-corrected chi connectivity index (χ1v) is 10.5. The van der Waals surface area contributed by atoms with Gasteiger partial charge in [-0.1, -0.05) is 55.1 Å². The van der Waals surface area contributed by atoms with E-state index < -0.39 is 0 Å². The third kappa shape index (κ3) is 3.57. The van der Waals surface area contributed by atoms with E-state index in [9.17, 15) is 4.79 Å². The van der Waals surface area contributed by atoms with Gasteiger partial charge in [0, 0.05) is 27.5 Å². The summed E-state index contributed by atoms with van der Waals surface area (Å²) in [6.45, 7) is 2.97. The van der Waals surface area contributed by atoms with Crippen LogP contribution in [0.5, 0.6) is 0 Å². The van der Waals surface area contributed by atoms with E-state index in [1.807, 2.05) is 59.1 Å². The van der Waals surface area contributed by atoms with Crippen molar-refractivity contribution in [2.45, 2.75) is 28.5 Å². The second-order valence-corrected chi connectivity index (χ2v) is 8.70. The maximum absolute atomic E-state index is 13.0. The Labute approximate surface area is 161 Å². The molecule has 4 nitrogen and oxygen atoms in total. The molecule has 132 valence electrons. The molecule has 0 bridgehead atoms. The number of carbonyl (C=O) groups is 1. The largest absolute Gasteiger partial charge is 0.311 e. The quantitative estimate of drug-likeness (QED) is 0.619. The molecule has 0 aliphatic carbocycles. The van der Waals surface area contributed by atoms with Gasteiger partial charge in [-0.3, -0.25) is 4.79 Å². The molecular formula is C20H19N3OS2.